The number of nitrogens with zero attached hydrogens (tertiary/aromatic N) is 1. The highest BCUT2D eigenvalue weighted by atomic mass is 35.5. The summed E-state index contributed by atoms with van der Waals surface area (Å²) < 4.78 is 9.88. The first kappa shape index (κ1) is 14.2. The molecule has 98 valence electrons. The van der Waals surface area contributed by atoms with E-state index in [2.05, 4.69) is 4.74 Å². The minimum Gasteiger partial charge on any atom is -0.469 e. The number of nitro groups is 1. The molecule has 6 nitrogen and oxygen atoms in total. The fourth-order valence-electron chi connectivity index (χ4n) is 1.28. The van der Waals surface area contributed by atoms with E-state index in [1.165, 1.54) is 33.1 Å². The Morgan fingerprint density at radius 1 is 1.44 bits per heavy atom. The number of hydrogen-bond acceptors (Lipinski definition) is 5. The van der Waals surface area contributed by atoms with Crippen molar-refractivity contribution >= 4 is 23.3 Å². The summed E-state index contributed by atoms with van der Waals surface area (Å²) in [5.74, 6) is -0.674. The average molecular weight is 274 g/mol. The van der Waals surface area contributed by atoms with Gasteiger partial charge in [-0.2, -0.15) is 0 Å². The van der Waals surface area contributed by atoms with Crippen molar-refractivity contribution in [1.82, 2.24) is 0 Å². The zero-order chi connectivity index (χ0) is 13.9. The van der Waals surface area contributed by atoms with Crippen molar-refractivity contribution < 1.29 is 19.2 Å². The summed E-state index contributed by atoms with van der Waals surface area (Å²) in [5.41, 5.74) is -1.63. The molecule has 1 aromatic carbocycles. The summed E-state index contributed by atoms with van der Waals surface area (Å²) in [7, 11) is 1.21. The lowest BCUT2D eigenvalue weighted by Gasteiger charge is -2.23. The normalized spacial score (nSPS) is 10.9. The Labute approximate surface area is 109 Å². The zero-order valence-corrected chi connectivity index (χ0v) is 10.9. The smallest absolute Gasteiger partial charge is 0.349 e. The molecular weight excluding hydrogens is 262 g/mol. The van der Waals surface area contributed by atoms with E-state index in [9.17, 15) is 14.9 Å². The van der Waals surface area contributed by atoms with Gasteiger partial charge in [0, 0.05) is 11.1 Å². The third-order valence-electron chi connectivity index (χ3n) is 2.16. The lowest BCUT2D eigenvalue weighted by Crippen LogP contribution is -2.39. The van der Waals surface area contributed by atoms with Crippen molar-refractivity contribution in [3.63, 3.8) is 0 Å². The van der Waals surface area contributed by atoms with Gasteiger partial charge in [0.1, 0.15) is 0 Å². The van der Waals surface area contributed by atoms with Crippen LogP contribution in [0.4, 0.5) is 5.69 Å². The fraction of sp³-hybridized carbons (Fsp3) is 0.364. The molecule has 0 aromatic heterocycles. The number of rotatable bonds is 4. The second-order valence-corrected chi connectivity index (χ2v) is 4.41. The zero-order valence-electron chi connectivity index (χ0n) is 10.1. The molecule has 18 heavy (non-hydrogen) atoms. The van der Waals surface area contributed by atoms with Crippen molar-refractivity contribution in [2.24, 2.45) is 0 Å². The number of methoxy groups -OCH3 is 1. The van der Waals surface area contributed by atoms with Crippen molar-refractivity contribution in [3.8, 4) is 5.75 Å². The Kier molecular flexibility index (Phi) is 4.13. The Balaban J connectivity index is 3.11. The maximum absolute atomic E-state index is 11.4. The van der Waals surface area contributed by atoms with Gasteiger partial charge in [-0.3, -0.25) is 10.1 Å². The van der Waals surface area contributed by atoms with E-state index < -0.39 is 16.5 Å². The van der Waals surface area contributed by atoms with Crippen molar-refractivity contribution in [2.45, 2.75) is 19.4 Å². The van der Waals surface area contributed by atoms with Crippen LogP contribution in [0.5, 0.6) is 5.75 Å². The lowest BCUT2D eigenvalue weighted by molar-refractivity contribution is -0.386. The van der Waals surface area contributed by atoms with Crippen LogP contribution in [-0.2, 0) is 9.53 Å². The predicted molar refractivity (Wildman–Crippen MR) is 64.8 cm³/mol. The number of halogens is 1. The summed E-state index contributed by atoms with van der Waals surface area (Å²) in [4.78, 5) is 21.7. The summed E-state index contributed by atoms with van der Waals surface area (Å²) in [5, 5.41) is 11.1. The highest BCUT2D eigenvalue weighted by Gasteiger charge is 2.33. The quantitative estimate of drug-likeness (QED) is 0.478. The van der Waals surface area contributed by atoms with Gasteiger partial charge in [0.2, 0.25) is 5.60 Å². The summed E-state index contributed by atoms with van der Waals surface area (Å²) in [6.45, 7) is 2.91. The van der Waals surface area contributed by atoms with E-state index >= 15 is 0 Å². The van der Waals surface area contributed by atoms with Gasteiger partial charge >= 0.3 is 11.7 Å². The monoisotopic (exact) mass is 273 g/mol. The molecule has 0 radical (unpaired) electrons. The maximum atomic E-state index is 11.4. The molecule has 0 N–H and O–H groups in total. The molecule has 0 aliphatic carbocycles. The molecule has 0 aliphatic heterocycles. The van der Waals surface area contributed by atoms with Crippen molar-refractivity contribution in [3.05, 3.63) is 33.3 Å². The minimum atomic E-state index is -1.33. The van der Waals surface area contributed by atoms with E-state index in [-0.39, 0.29) is 16.5 Å². The first-order chi connectivity index (χ1) is 8.27. The number of carbonyl (C=O) groups is 1. The van der Waals surface area contributed by atoms with Crippen LogP contribution in [0.3, 0.4) is 0 Å². The van der Waals surface area contributed by atoms with Crippen LogP contribution in [-0.4, -0.2) is 23.6 Å². The third-order valence-corrected chi connectivity index (χ3v) is 2.39. The Hall–Kier alpha value is -1.82. The van der Waals surface area contributed by atoms with Gasteiger partial charge in [0.25, 0.3) is 0 Å². The Morgan fingerprint density at radius 3 is 2.56 bits per heavy atom. The van der Waals surface area contributed by atoms with Crippen LogP contribution in [0.1, 0.15) is 13.8 Å². The average Bonchev–Trinajstić information content (AvgIpc) is 2.29. The first-order valence-corrected chi connectivity index (χ1v) is 5.37. The minimum absolute atomic E-state index is 0.0419. The number of nitro benzene ring substituents is 1. The second-order valence-electron chi connectivity index (χ2n) is 3.97. The molecule has 0 unspecified atom stereocenters. The number of carbonyl (C=O) groups excluding carboxylic acids is 1. The van der Waals surface area contributed by atoms with Gasteiger partial charge in [0.05, 0.1) is 12.0 Å². The van der Waals surface area contributed by atoms with Gasteiger partial charge < -0.3 is 9.47 Å². The molecule has 0 spiro atoms. The Bertz CT molecular complexity index is 486. The highest BCUT2D eigenvalue weighted by molar-refractivity contribution is 6.30. The van der Waals surface area contributed by atoms with Gasteiger partial charge in [-0.1, -0.05) is 11.6 Å². The van der Waals surface area contributed by atoms with E-state index in [1.54, 1.807) is 0 Å². The summed E-state index contributed by atoms with van der Waals surface area (Å²) in [6, 6.07) is 3.94. The largest absolute Gasteiger partial charge is 0.469 e. The SMILES string of the molecule is COC(=O)C(C)(C)Oc1ccc(Cl)cc1[N+](=O)[O-]. The van der Waals surface area contributed by atoms with E-state index in [1.807, 2.05) is 0 Å². The van der Waals surface area contributed by atoms with Gasteiger partial charge in [-0.05, 0) is 26.0 Å². The van der Waals surface area contributed by atoms with Gasteiger partial charge in [-0.15, -0.1) is 0 Å². The molecule has 0 saturated carbocycles. The van der Waals surface area contributed by atoms with Crippen LogP contribution < -0.4 is 4.74 Å². The van der Waals surface area contributed by atoms with Gasteiger partial charge in [0.15, 0.2) is 5.75 Å². The van der Waals surface area contributed by atoms with Crippen LogP contribution in [0.15, 0.2) is 18.2 Å². The number of benzene rings is 1. The second kappa shape index (κ2) is 5.22. The van der Waals surface area contributed by atoms with Crippen molar-refractivity contribution in [1.29, 1.82) is 0 Å². The molecular formula is C11H12ClNO5. The first-order valence-electron chi connectivity index (χ1n) is 4.99. The molecule has 0 heterocycles. The van der Waals surface area contributed by atoms with Crippen molar-refractivity contribution in [2.75, 3.05) is 7.11 Å². The molecule has 7 heteroatoms. The molecule has 0 atom stereocenters. The number of hydrogen-bond donors (Lipinski definition) is 0. The maximum Gasteiger partial charge on any atom is 0.349 e. The molecule has 1 rings (SSSR count). The predicted octanol–water partition coefficient (Wildman–Crippen LogP) is 2.58. The van der Waals surface area contributed by atoms with E-state index in [4.69, 9.17) is 16.3 Å². The fourth-order valence-corrected chi connectivity index (χ4v) is 1.45. The molecule has 0 fully saturated rings. The van der Waals surface area contributed by atoms with Crippen LogP contribution >= 0.6 is 11.6 Å². The standard InChI is InChI=1S/C11H12ClNO5/c1-11(2,10(14)17-3)18-9-5-4-7(12)6-8(9)13(15)16/h4-6H,1-3H3. The topological polar surface area (TPSA) is 78.7 Å². The van der Waals surface area contributed by atoms with E-state index in [0.717, 1.165) is 6.07 Å². The van der Waals surface area contributed by atoms with Crippen LogP contribution in [0.25, 0.3) is 0 Å². The van der Waals surface area contributed by atoms with Gasteiger partial charge in [-0.25, -0.2) is 4.79 Å². The highest BCUT2D eigenvalue weighted by Crippen LogP contribution is 2.32. The van der Waals surface area contributed by atoms with E-state index in [0.29, 0.717) is 0 Å². The summed E-state index contributed by atoms with van der Waals surface area (Å²) >= 11 is 5.67. The molecule has 0 bridgehead atoms. The Morgan fingerprint density at radius 2 is 2.06 bits per heavy atom. The molecule has 0 saturated heterocycles. The van der Waals surface area contributed by atoms with Crippen LogP contribution in [0.2, 0.25) is 5.02 Å². The molecule has 0 amide bonds. The molecule has 1 aromatic rings. The number of esters is 1. The lowest BCUT2D eigenvalue weighted by atomic mass is 10.1. The molecule has 0 aliphatic rings. The third kappa shape index (κ3) is 3.10. The summed E-state index contributed by atoms with van der Waals surface area (Å²) in [6.07, 6.45) is 0. The van der Waals surface area contributed by atoms with Crippen LogP contribution in [0, 0.1) is 10.1 Å². The number of ether oxygens (including phenoxy) is 2.